The van der Waals surface area contributed by atoms with E-state index in [0.29, 0.717) is 24.0 Å². The highest BCUT2D eigenvalue weighted by Gasteiger charge is 2.42. The van der Waals surface area contributed by atoms with Gasteiger partial charge >= 0.3 is 11.9 Å². The van der Waals surface area contributed by atoms with E-state index in [1.807, 2.05) is 48.5 Å². The molecule has 0 heterocycles. The lowest BCUT2D eigenvalue weighted by Gasteiger charge is -2.33. The maximum Gasteiger partial charge on any atom is 0.330 e. The quantitative estimate of drug-likeness (QED) is 0.0575. The fourth-order valence-electron chi connectivity index (χ4n) is 7.18. The van der Waals surface area contributed by atoms with Gasteiger partial charge in [0.2, 0.25) is 0 Å². The molecule has 46 heavy (non-hydrogen) atoms. The lowest BCUT2D eigenvalue weighted by molar-refractivity contribution is -0.138. The van der Waals surface area contributed by atoms with E-state index in [-0.39, 0.29) is 11.2 Å². The highest BCUT2D eigenvalue weighted by atomic mass is 19.1. The Bertz CT molecular complexity index is 1870. The second-order valence-corrected chi connectivity index (χ2v) is 11.8. The zero-order valence-corrected chi connectivity index (χ0v) is 25.9. The maximum absolute atomic E-state index is 15.8. The van der Waals surface area contributed by atoms with Crippen LogP contribution in [0.5, 0.6) is 0 Å². The van der Waals surface area contributed by atoms with Crippen LogP contribution in [0.15, 0.2) is 116 Å². The minimum atomic E-state index is -0.413. The molecule has 0 N–H and O–H groups in total. The summed E-state index contributed by atoms with van der Waals surface area (Å²) in [4.78, 5) is 23.3. The summed E-state index contributed by atoms with van der Waals surface area (Å²) in [6.45, 7) is 7.65. The molecule has 1 aliphatic rings. The largest absolute Gasteiger partial charge is 0.463 e. The molecule has 232 valence electrons. The van der Waals surface area contributed by atoms with Crippen LogP contribution in [0, 0.1) is 5.82 Å². The van der Waals surface area contributed by atoms with Gasteiger partial charge < -0.3 is 9.47 Å². The summed E-state index contributed by atoms with van der Waals surface area (Å²) in [7, 11) is 0. The summed E-state index contributed by atoms with van der Waals surface area (Å²) in [5.74, 6) is -1.03. The predicted molar refractivity (Wildman–Crippen MR) is 183 cm³/mol. The molecule has 5 heteroatoms. The van der Waals surface area contributed by atoms with E-state index in [1.165, 1.54) is 34.4 Å². The van der Waals surface area contributed by atoms with Crippen molar-refractivity contribution in [2.24, 2.45) is 0 Å². The molecule has 0 saturated heterocycles. The summed E-state index contributed by atoms with van der Waals surface area (Å²) in [5.41, 5.74) is 6.70. The number of benzene rings is 5. The number of carbonyl (C=O) groups is 2. The molecular formula is C41H37FO4. The molecule has 0 amide bonds. The summed E-state index contributed by atoms with van der Waals surface area (Å²) in [5, 5.41) is 2.98. The second kappa shape index (κ2) is 13.5. The van der Waals surface area contributed by atoms with Crippen molar-refractivity contribution in [3.63, 3.8) is 0 Å². The number of hydrogen-bond donors (Lipinski definition) is 0. The van der Waals surface area contributed by atoms with Gasteiger partial charge in [0.25, 0.3) is 0 Å². The van der Waals surface area contributed by atoms with Gasteiger partial charge in [-0.25, -0.2) is 14.0 Å². The molecule has 0 saturated carbocycles. The van der Waals surface area contributed by atoms with E-state index in [4.69, 9.17) is 9.47 Å². The first-order valence-electron chi connectivity index (χ1n) is 15.9. The second-order valence-electron chi connectivity index (χ2n) is 11.8. The number of rotatable bonds is 13. The first-order chi connectivity index (χ1) is 22.5. The van der Waals surface area contributed by atoms with E-state index in [2.05, 4.69) is 55.6 Å². The van der Waals surface area contributed by atoms with Crippen molar-refractivity contribution in [1.29, 1.82) is 0 Å². The Balaban J connectivity index is 1.46. The van der Waals surface area contributed by atoms with Crippen LogP contribution in [-0.4, -0.2) is 25.2 Å². The van der Waals surface area contributed by atoms with Crippen molar-refractivity contribution >= 4 is 33.5 Å². The average molecular weight is 613 g/mol. The zero-order chi connectivity index (χ0) is 32.1. The molecule has 0 unspecified atom stereocenters. The number of unbranched alkanes of at least 4 members (excludes halogenated alkanes) is 2. The third-order valence-electron chi connectivity index (χ3n) is 9.24. The summed E-state index contributed by atoms with van der Waals surface area (Å²) >= 11 is 0. The van der Waals surface area contributed by atoms with Gasteiger partial charge in [0, 0.05) is 28.3 Å². The Morgan fingerprint density at radius 1 is 0.630 bits per heavy atom. The standard InChI is InChI=1S/C41H37FO4/c1-3-37(43)45-25-13-11-23-41(24-12-14-26-46-38(44)4-2)35-20-10-9-15-29(35)30-22-21-28(27-36(30)41)39-31-16-5-7-18-33(31)40(42)34-19-8-6-17-32(34)39/h3-10,15-22,27H,1-2,11-14,23-26H2. The molecule has 0 aromatic heterocycles. The minimum Gasteiger partial charge on any atom is -0.463 e. The monoisotopic (exact) mass is 612 g/mol. The third kappa shape index (κ3) is 5.74. The molecular weight excluding hydrogens is 575 g/mol. The average Bonchev–Trinajstić information content (AvgIpc) is 3.36. The van der Waals surface area contributed by atoms with Crippen molar-refractivity contribution in [3.05, 3.63) is 133 Å². The molecule has 0 fully saturated rings. The van der Waals surface area contributed by atoms with Crippen LogP contribution in [-0.2, 0) is 24.5 Å². The topological polar surface area (TPSA) is 52.6 Å². The molecule has 6 rings (SSSR count). The Hall–Kier alpha value is -5.03. The van der Waals surface area contributed by atoms with Gasteiger partial charge in [-0.15, -0.1) is 0 Å². The van der Waals surface area contributed by atoms with Crippen molar-refractivity contribution < 1.29 is 23.5 Å². The first-order valence-corrected chi connectivity index (χ1v) is 15.9. The molecule has 0 spiro atoms. The van der Waals surface area contributed by atoms with Gasteiger partial charge in [-0.2, -0.15) is 0 Å². The number of carbonyl (C=O) groups excluding carboxylic acids is 2. The van der Waals surface area contributed by atoms with Crippen molar-refractivity contribution in [2.75, 3.05) is 13.2 Å². The number of ether oxygens (including phenoxy) is 2. The zero-order valence-electron chi connectivity index (χ0n) is 25.9. The van der Waals surface area contributed by atoms with E-state index in [9.17, 15) is 9.59 Å². The third-order valence-corrected chi connectivity index (χ3v) is 9.24. The number of esters is 2. The van der Waals surface area contributed by atoms with Crippen LogP contribution in [0.4, 0.5) is 4.39 Å². The summed E-state index contributed by atoms with van der Waals surface area (Å²) in [6, 6.07) is 30.7. The molecule has 5 aromatic carbocycles. The smallest absolute Gasteiger partial charge is 0.330 e. The highest BCUT2D eigenvalue weighted by molar-refractivity contribution is 6.13. The van der Waals surface area contributed by atoms with Crippen LogP contribution < -0.4 is 0 Å². The van der Waals surface area contributed by atoms with Crippen LogP contribution in [0.25, 0.3) is 43.8 Å². The van der Waals surface area contributed by atoms with Gasteiger partial charge in [-0.1, -0.05) is 98.1 Å². The fourth-order valence-corrected chi connectivity index (χ4v) is 7.18. The summed E-state index contributed by atoms with van der Waals surface area (Å²) < 4.78 is 26.4. The van der Waals surface area contributed by atoms with E-state index < -0.39 is 11.9 Å². The lowest BCUT2D eigenvalue weighted by Crippen LogP contribution is -2.26. The van der Waals surface area contributed by atoms with Crippen molar-refractivity contribution in [1.82, 2.24) is 0 Å². The Kier molecular flexibility index (Phi) is 9.11. The van der Waals surface area contributed by atoms with Crippen LogP contribution >= 0.6 is 0 Å². The lowest BCUT2D eigenvalue weighted by atomic mass is 9.70. The number of fused-ring (bicyclic) bond motifs is 5. The predicted octanol–water partition coefficient (Wildman–Crippen LogP) is 9.86. The van der Waals surface area contributed by atoms with Gasteiger partial charge in [0.1, 0.15) is 5.82 Å². The Labute approximate surface area is 269 Å². The number of halogens is 1. The van der Waals surface area contributed by atoms with E-state index in [0.717, 1.165) is 60.4 Å². The molecule has 0 aliphatic heterocycles. The van der Waals surface area contributed by atoms with Crippen LogP contribution in [0.2, 0.25) is 0 Å². The Morgan fingerprint density at radius 3 is 1.70 bits per heavy atom. The maximum atomic E-state index is 15.8. The van der Waals surface area contributed by atoms with E-state index in [1.54, 1.807) is 0 Å². The summed E-state index contributed by atoms with van der Waals surface area (Å²) in [6.07, 6.45) is 7.22. The minimum absolute atomic E-state index is 0.202. The van der Waals surface area contributed by atoms with E-state index >= 15 is 4.39 Å². The van der Waals surface area contributed by atoms with Crippen molar-refractivity contribution in [2.45, 2.75) is 43.9 Å². The molecule has 0 bridgehead atoms. The first kappa shape index (κ1) is 31.0. The van der Waals surface area contributed by atoms with Crippen LogP contribution in [0.3, 0.4) is 0 Å². The van der Waals surface area contributed by atoms with Crippen LogP contribution in [0.1, 0.15) is 49.7 Å². The fraction of sp³-hybridized carbons (Fsp3) is 0.220. The van der Waals surface area contributed by atoms with Gasteiger partial charge in [-0.05, 0) is 88.7 Å². The molecule has 0 radical (unpaired) electrons. The molecule has 4 nitrogen and oxygen atoms in total. The number of hydrogen-bond acceptors (Lipinski definition) is 4. The normalized spacial score (nSPS) is 12.8. The van der Waals surface area contributed by atoms with Gasteiger partial charge in [-0.3, -0.25) is 0 Å². The SMILES string of the molecule is C=CC(=O)OCCCCC1(CCCCOC(=O)C=C)c2ccccc2-c2ccc(-c3c4ccccc4c(F)c4ccccc34)cc21. The van der Waals surface area contributed by atoms with Gasteiger partial charge in [0.05, 0.1) is 13.2 Å². The molecule has 0 atom stereocenters. The highest BCUT2D eigenvalue weighted by Crippen LogP contribution is 2.55. The molecule has 5 aromatic rings. The van der Waals surface area contributed by atoms with Crippen molar-refractivity contribution in [3.8, 4) is 22.3 Å². The van der Waals surface area contributed by atoms with Gasteiger partial charge in [0.15, 0.2) is 0 Å². The Morgan fingerprint density at radius 2 is 1.13 bits per heavy atom. The molecule has 1 aliphatic carbocycles.